The number of hydrogen-bond donors (Lipinski definition) is 0. The van der Waals surface area contributed by atoms with Gasteiger partial charge in [0.25, 0.3) is 0 Å². The van der Waals surface area contributed by atoms with Crippen LogP contribution in [0.25, 0.3) is 11.3 Å². The molecule has 0 saturated heterocycles. The number of para-hydroxylation sites is 1. The fourth-order valence-electron chi connectivity index (χ4n) is 3.58. The summed E-state index contributed by atoms with van der Waals surface area (Å²) in [6.07, 6.45) is -3.31. The Balaban J connectivity index is 1.84. The molecule has 6 nitrogen and oxygen atoms in total. The molecule has 4 rings (SSSR count). The van der Waals surface area contributed by atoms with Gasteiger partial charge in [0.05, 0.1) is 11.3 Å². The maximum atomic E-state index is 13.1. The lowest BCUT2D eigenvalue weighted by Crippen LogP contribution is -2.37. The molecule has 1 amide bonds. The maximum Gasteiger partial charge on any atom is 0.416 e. The second-order valence-corrected chi connectivity index (χ2v) is 8.74. The van der Waals surface area contributed by atoms with Crippen LogP contribution in [-0.4, -0.2) is 26.8 Å². The summed E-state index contributed by atoms with van der Waals surface area (Å²) in [6, 6.07) is 11.7. The number of alkyl halides is 3. The third-order valence-electron chi connectivity index (χ3n) is 5.34. The molecule has 1 aromatic heterocycles. The molecule has 10 heteroatoms. The van der Waals surface area contributed by atoms with Crippen LogP contribution >= 0.6 is 11.8 Å². The molecule has 3 aromatic rings. The number of benzene rings is 2. The largest absolute Gasteiger partial charge is 0.447 e. The zero-order valence-corrected chi connectivity index (χ0v) is 19.5. The third kappa shape index (κ3) is 4.86. The van der Waals surface area contributed by atoms with Crippen LogP contribution in [0.5, 0.6) is 5.88 Å². The number of nitrogens with zero attached hydrogens (tertiary/aromatic N) is 4. The van der Waals surface area contributed by atoms with Crippen LogP contribution in [0.4, 0.5) is 18.9 Å². The molecule has 0 saturated carbocycles. The molecule has 0 spiro atoms. The first-order valence-electron chi connectivity index (χ1n) is 11.0. The van der Waals surface area contributed by atoms with Crippen molar-refractivity contribution >= 4 is 23.4 Å². The van der Waals surface area contributed by atoms with Gasteiger partial charge < -0.3 is 4.74 Å². The van der Waals surface area contributed by atoms with Gasteiger partial charge in [-0.15, -0.1) is 10.2 Å². The van der Waals surface area contributed by atoms with E-state index in [2.05, 4.69) is 22.1 Å². The van der Waals surface area contributed by atoms with Crippen molar-refractivity contribution in [3.8, 4) is 17.1 Å². The number of anilines is 1. The summed E-state index contributed by atoms with van der Waals surface area (Å²) in [5, 5.41) is 9.01. The van der Waals surface area contributed by atoms with Crippen molar-refractivity contribution in [1.82, 2.24) is 15.2 Å². The van der Waals surface area contributed by atoms with E-state index in [9.17, 15) is 18.0 Å². The minimum atomic E-state index is -4.47. The molecule has 1 unspecified atom stereocenters. The molecule has 1 atom stereocenters. The standard InChI is InChI=1S/C24H23F3N4O2S/c1-3-5-14-34-23-28-21-20(29-30-23)17-8-6-7-9-18(17)31(19(32)4-2)22(33-21)15-10-12-16(13-11-15)24(25,26)27/h6-13,22H,3-5,14H2,1-2H3. The Bertz CT molecular complexity index is 1170. The fourth-order valence-corrected chi connectivity index (χ4v) is 4.44. The number of carbonyl (C=O) groups is 1. The Hall–Kier alpha value is -3.14. The zero-order chi connectivity index (χ0) is 24.3. The van der Waals surface area contributed by atoms with Gasteiger partial charge in [0.1, 0.15) is 0 Å². The van der Waals surface area contributed by atoms with Gasteiger partial charge in [-0.25, -0.2) is 0 Å². The van der Waals surface area contributed by atoms with Crippen LogP contribution in [0.15, 0.2) is 53.7 Å². The molecule has 1 aliphatic rings. The Labute approximate surface area is 199 Å². The molecule has 0 N–H and O–H groups in total. The molecule has 0 bridgehead atoms. The minimum absolute atomic E-state index is 0.169. The van der Waals surface area contributed by atoms with Gasteiger partial charge in [0.15, 0.2) is 5.69 Å². The van der Waals surface area contributed by atoms with Gasteiger partial charge in [-0.3, -0.25) is 9.69 Å². The first-order chi connectivity index (χ1) is 16.3. The van der Waals surface area contributed by atoms with Crippen molar-refractivity contribution in [3.05, 3.63) is 59.7 Å². The molecule has 1 aliphatic heterocycles. The lowest BCUT2D eigenvalue weighted by molar-refractivity contribution is -0.137. The van der Waals surface area contributed by atoms with Gasteiger partial charge in [-0.1, -0.05) is 62.4 Å². The van der Waals surface area contributed by atoms with E-state index in [0.717, 1.165) is 30.7 Å². The van der Waals surface area contributed by atoms with Crippen LogP contribution in [-0.2, 0) is 11.0 Å². The van der Waals surface area contributed by atoms with E-state index >= 15 is 0 Å². The van der Waals surface area contributed by atoms with E-state index in [-0.39, 0.29) is 18.2 Å². The Morgan fingerprint density at radius 2 is 1.82 bits per heavy atom. The van der Waals surface area contributed by atoms with Crippen molar-refractivity contribution in [2.45, 2.75) is 50.7 Å². The van der Waals surface area contributed by atoms with Gasteiger partial charge in [0, 0.05) is 23.3 Å². The van der Waals surface area contributed by atoms with Crippen molar-refractivity contribution in [2.24, 2.45) is 0 Å². The number of unbranched alkanes of at least 4 members (excludes halogenated alkanes) is 1. The first-order valence-corrected chi connectivity index (χ1v) is 11.9. The average Bonchev–Trinajstić information content (AvgIpc) is 2.98. The number of halogens is 3. The molecule has 34 heavy (non-hydrogen) atoms. The number of ether oxygens (including phenoxy) is 1. The van der Waals surface area contributed by atoms with Gasteiger partial charge >= 0.3 is 6.18 Å². The van der Waals surface area contributed by atoms with Gasteiger partial charge in [-0.05, 0) is 24.6 Å². The minimum Gasteiger partial charge on any atom is -0.447 e. The lowest BCUT2D eigenvalue weighted by Gasteiger charge is -2.30. The molecule has 0 radical (unpaired) electrons. The Morgan fingerprint density at radius 3 is 2.50 bits per heavy atom. The first kappa shape index (κ1) is 24.0. The average molecular weight is 489 g/mol. The van der Waals surface area contributed by atoms with Crippen LogP contribution in [0.3, 0.4) is 0 Å². The lowest BCUT2D eigenvalue weighted by atomic mass is 10.1. The van der Waals surface area contributed by atoms with Crippen molar-refractivity contribution in [2.75, 3.05) is 10.7 Å². The number of thioether (sulfide) groups is 1. The fraction of sp³-hybridized carbons (Fsp3) is 0.333. The van der Waals surface area contributed by atoms with E-state index in [0.29, 0.717) is 27.7 Å². The number of hydrogen-bond acceptors (Lipinski definition) is 6. The Kier molecular flexibility index (Phi) is 7.06. The molecule has 0 aliphatic carbocycles. The van der Waals surface area contributed by atoms with E-state index in [4.69, 9.17) is 4.74 Å². The van der Waals surface area contributed by atoms with E-state index in [1.807, 2.05) is 0 Å². The molecule has 0 fully saturated rings. The van der Waals surface area contributed by atoms with E-state index in [1.54, 1.807) is 31.2 Å². The highest BCUT2D eigenvalue weighted by Gasteiger charge is 2.36. The molecular weight excluding hydrogens is 465 g/mol. The smallest absolute Gasteiger partial charge is 0.416 e. The summed E-state index contributed by atoms with van der Waals surface area (Å²) >= 11 is 1.45. The summed E-state index contributed by atoms with van der Waals surface area (Å²) in [6.45, 7) is 3.80. The molecule has 2 heterocycles. The predicted molar refractivity (Wildman–Crippen MR) is 123 cm³/mol. The summed E-state index contributed by atoms with van der Waals surface area (Å²) in [4.78, 5) is 19.1. The number of amides is 1. The second kappa shape index (κ2) is 10.0. The highest BCUT2D eigenvalue weighted by molar-refractivity contribution is 7.99. The molecular formula is C24H23F3N4O2S. The molecule has 178 valence electrons. The monoisotopic (exact) mass is 488 g/mol. The third-order valence-corrected chi connectivity index (χ3v) is 6.26. The normalized spacial score (nSPS) is 15.2. The zero-order valence-electron chi connectivity index (χ0n) is 18.7. The highest BCUT2D eigenvalue weighted by atomic mass is 32.2. The summed E-state index contributed by atoms with van der Waals surface area (Å²) in [7, 11) is 0. The predicted octanol–water partition coefficient (Wildman–Crippen LogP) is 6.28. The quantitative estimate of drug-likeness (QED) is 0.300. The summed E-state index contributed by atoms with van der Waals surface area (Å²) in [5.41, 5.74) is 1.12. The van der Waals surface area contributed by atoms with Crippen LogP contribution in [0, 0.1) is 0 Å². The highest BCUT2D eigenvalue weighted by Crippen LogP contribution is 2.44. The maximum absolute atomic E-state index is 13.1. The van der Waals surface area contributed by atoms with Crippen LogP contribution in [0.2, 0.25) is 0 Å². The molecule has 2 aromatic carbocycles. The second-order valence-electron chi connectivity index (χ2n) is 7.67. The summed E-state index contributed by atoms with van der Waals surface area (Å²) in [5.74, 6) is 0.740. The topological polar surface area (TPSA) is 68.2 Å². The summed E-state index contributed by atoms with van der Waals surface area (Å²) < 4.78 is 45.6. The van der Waals surface area contributed by atoms with Crippen LogP contribution < -0.4 is 9.64 Å². The number of fused-ring (bicyclic) bond motifs is 3. The number of rotatable bonds is 6. The SMILES string of the molecule is CCCCSc1nnc2c(n1)OC(c1ccc(C(F)(F)F)cc1)N(C(=O)CC)c1ccccc1-2. The van der Waals surface area contributed by atoms with Gasteiger partial charge in [0.2, 0.25) is 23.2 Å². The van der Waals surface area contributed by atoms with E-state index in [1.165, 1.54) is 28.8 Å². The van der Waals surface area contributed by atoms with Crippen molar-refractivity contribution in [1.29, 1.82) is 0 Å². The van der Waals surface area contributed by atoms with Crippen LogP contribution in [0.1, 0.15) is 50.5 Å². The van der Waals surface area contributed by atoms with Crippen molar-refractivity contribution < 1.29 is 22.7 Å². The van der Waals surface area contributed by atoms with Crippen molar-refractivity contribution in [3.63, 3.8) is 0 Å². The Morgan fingerprint density at radius 1 is 1.09 bits per heavy atom. The van der Waals surface area contributed by atoms with Gasteiger partial charge in [-0.2, -0.15) is 18.2 Å². The number of aromatic nitrogens is 3. The number of carbonyl (C=O) groups excluding carboxylic acids is 1. The van der Waals surface area contributed by atoms with E-state index < -0.39 is 18.0 Å².